The fourth-order valence-corrected chi connectivity index (χ4v) is 2.71. The normalized spacial score (nSPS) is 25.1. The Morgan fingerprint density at radius 3 is 2.45 bits per heavy atom. The molecule has 0 spiro atoms. The van der Waals surface area contributed by atoms with Gasteiger partial charge >= 0.3 is 12.1 Å². The van der Waals surface area contributed by atoms with Gasteiger partial charge in [-0.2, -0.15) is 0 Å². The van der Waals surface area contributed by atoms with Gasteiger partial charge in [0.05, 0.1) is 5.92 Å². The molecule has 1 fully saturated rings. The standard InChI is InChI=1S/C14H26N2O4/c1-9-8-16(13(19)20-14(2,3)4)6-5-10(9)11(7-15)12(17)18/h9-11H,5-8,15H2,1-4H3,(H,17,18). The van der Waals surface area contributed by atoms with Crippen molar-refractivity contribution in [2.45, 2.75) is 39.7 Å². The van der Waals surface area contributed by atoms with Gasteiger partial charge in [-0.3, -0.25) is 4.79 Å². The van der Waals surface area contributed by atoms with Crippen LogP contribution in [0.15, 0.2) is 0 Å². The van der Waals surface area contributed by atoms with Gasteiger partial charge in [-0.05, 0) is 39.0 Å². The Morgan fingerprint density at radius 2 is 2.05 bits per heavy atom. The van der Waals surface area contributed by atoms with E-state index in [4.69, 9.17) is 10.5 Å². The molecule has 1 aliphatic heterocycles. The molecule has 0 aromatic rings. The molecular formula is C14H26N2O4. The van der Waals surface area contributed by atoms with E-state index in [0.29, 0.717) is 19.5 Å². The zero-order valence-corrected chi connectivity index (χ0v) is 12.8. The van der Waals surface area contributed by atoms with Gasteiger partial charge in [0, 0.05) is 19.6 Å². The lowest BCUT2D eigenvalue weighted by atomic mass is 9.77. The van der Waals surface area contributed by atoms with Gasteiger partial charge < -0.3 is 20.5 Å². The molecule has 1 saturated heterocycles. The van der Waals surface area contributed by atoms with E-state index in [9.17, 15) is 14.7 Å². The third-order valence-electron chi connectivity index (χ3n) is 3.71. The van der Waals surface area contributed by atoms with Gasteiger partial charge in [0.15, 0.2) is 0 Å². The van der Waals surface area contributed by atoms with Crippen LogP contribution in [0.25, 0.3) is 0 Å². The highest BCUT2D eigenvalue weighted by Gasteiger charge is 2.37. The number of hydrogen-bond donors (Lipinski definition) is 2. The lowest BCUT2D eigenvalue weighted by Crippen LogP contribution is -2.48. The first-order valence-corrected chi connectivity index (χ1v) is 7.06. The zero-order valence-electron chi connectivity index (χ0n) is 12.8. The second kappa shape index (κ2) is 6.43. The molecule has 6 heteroatoms. The van der Waals surface area contributed by atoms with Crippen molar-refractivity contribution in [3.8, 4) is 0 Å². The summed E-state index contributed by atoms with van der Waals surface area (Å²) >= 11 is 0. The zero-order chi connectivity index (χ0) is 15.5. The number of carboxylic acid groups (broad SMARTS) is 1. The Bertz CT molecular complexity index is 365. The lowest BCUT2D eigenvalue weighted by Gasteiger charge is -2.39. The Balaban J connectivity index is 2.63. The van der Waals surface area contributed by atoms with Crippen LogP contribution in [0.3, 0.4) is 0 Å². The summed E-state index contributed by atoms with van der Waals surface area (Å²) in [6, 6.07) is 0. The third-order valence-corrected chi connectivity index (χ3v) is 3.71. The van der Waals surface area contributed by atoms with E-state index in [1.807, 2.05) is 27.7 Å². The van der Waals surface area contributed by atoms with Crippen LogP contribution < -0.4 is 5.73 Å². The number of piperidine rings is 1. The molecule has 3 atom stereocenters. The first-order chi connectivity index (χ1) is 9.15. The van der Waals surface area contributed by atoms with Gasteiger partial charge in [0.1, 0.15) is 5.60 Å². The number of carbonyl (C=O) groups is 2. The molecule has 0 aromatic heterocycles. The van der Waals surface area contributed by atoms with Gasteiger partial charge in [0.25, 0.3) is 0 Å². The highest BCUT2D eigenvalue weighted by molar-refractivity contribution is 5.71. The fraction of sp³-hybridized carbons (Fsp3) is 0.857. The third kappa shape index (κ3) is 4.37. The van der Waals surface area contributed by atoms with Crippen LogP contribution in [0.2, 0.25) is 0 Å². The largest absolute Gasteiger partial charge is 0.481 e. The molecule has 1 amide bonds. The van der Waals surface area contributed by atoms with E-state index >= 15 is 0 Å². The summed E-state index contributed by atoms with van der Waals surface area (Å²) in [4.78, 5) is 24.8. The van der Waals surface area contributed by atoms with Crippen molar-refractivity contribution in [1.29, 1.82) is 0 Å². The Labute approximate surface area is 120 Å². The molecule has 0 saturated carbocycles. The Kier molecular flexibility index (Phi) is 5.39. The second-order valence-corrected chi connectivity index (χ2v) is 6.54. The Hall–Kier alpha value is -1.30. The number of hydrogen-bond acceptors (Lipinski definition) is 4. The van der Waals surface area contributed by atoms with Crippen molar-refractivity contribution in [3.05, 3.63) is 0 Å². The number of carboxylic acids is 1. The number of nitrogens with two attached hydrogens (primary N) is 1. The number of likely N-dealkylation sites (tertiary alicyclic amines) is 1. The molecule has 3 N–H and O–H groups in total. The van der Waals surface area contributed by atoms with Gasteiger partial charge in [-0.15, -0.1) is 0 Å². The summed E-state index contributed by atoms with van der Waals surface area (Å²) < 4.78 is 5.34. The average Bonchev–Trinajstić information content (AvgIpc) is 2.29. The SMILES string of the molecule is CC1CN(C(=O)OC(C)(C)C)CCC1C(CN)C(=O)O. The molecule has 0 bridgehead atoms. The molecule has 1 rings (SSSR count). The quantitative estimate of drug-likeness (QED) is 0.821. The number of rotatable bonds is 3. The fourth-order valence-electron chi connectivity index (χ4n) is 2.71. The van der Waals surface area contributed by atoms with Crippen LogP contribution in [-0.4, -0.2) is 47.3 Å². The lowest BCUT2D eigenvalue weighted by molar-refractivity contribution is -0.144. The molecule has 3 unspecified atom stereocenters. The predicted molar refractivity (Wildman–Crippen MR) is 75.3 cm³/mol. The van der Waals surface area contributed by atoms with Crippen LogP contribution in [0.4, 0.5) is 4.79 Å². The van der Waals surface area contributed by atoms with Crippen LogP contribution in [0.1, 0.15) is 34.1 Å². The van der Waals surface area contributed by atoms with Gasteiger partial charge in [-0.1, -0.05) is 6.92 Å². The predicted octanol–water partition coefficient (Wildman–Crippen LogP) is 1.54. The number of ether oxygens (including phenoxy) is 1. The molecule has 20 heavy (non-hydrogen) atoms. The molecule has 1 aliphatic rings. The minimum Gasteiger partial charge on any atom is -0.481 e. The number of aliphatic carboxylic acids is 1. The minimum atomic E-state index is -0.852. The van der Waals surface area contributed by atoms with E-state index in [0.717, 1.165) is 0 Å². The van der Waals surface area contributed by atoms with Crippen molar-refractivity contribution in [2.24, 2.45) is 23.5 Å². The summed E-state index contributed by atoms with van der Waals surface area (Å²) in [5.74, 6) is -1.28. The smallest absolute Gasteiger partial charge is 0.410 e. The van der Waals surface area contributed by atoms with Gasteiger partial charge in [0.2, 0.25) is 0 Å². The maximum atomic E-state index is 12.0. The molecule has 0 aliphatic carbocycles. The van der Waals surface area contributed by atoms with E-state index in [1.54, 1.807) is 4.90 Å². The maximum absolute atomic E-state index is 12.0. The Morgan fingerprint density at radius 1 is 1.45 bits per heavy atom. The molecule has 116 valence electrons. The van der Waals surface area contributed by atoms with E-state index < -0.39 is 17.5 Å². The van der Waals surface area contributed by atoms with Crippen molar-refractivity contribution in [3.63, 3.8) is 0 Å². The average molecular weight is 286 g/mol. The second-order valence-electron chi connectivity index (χ2n) is 6.54. The van der Waals surface area contributed by atoms with Crippen LogP contribution in [0.5, 0.6) is 0 Å². The summed E-state index contributed by atoms with van der Waals surface area (Å²) in [6.45, 7) is 8.63. The van der Waals surface area contributed by atoms with Crippen molar-refractivity contribution in [2.75, 3.05) is 19.6 Å². The summed E-state index contributed by atoms with van der Waals surface area (Å²) in [7, 11) is 0. The maximum Gasteiger partial charge on any atom is 0.410 e. The first-order valence-electron chi connectivity index (χ1n) is 7.06. The molecule has 6 nitrogen and oxygen atoms in total. The first kappa shape index (κ1) is 16.8. The van der Waals surface area contributed by atoms with Crippen molar-refractivity contribution < 1.29 is 19.4 Å². The summed E-state index contributed by atoms with van der Waals surface area (Å²) in [5, 5.41) is 9.19. The topological polar surface area (TPSA) is 92.9 Å². The minimum absolute atomic E-state index is 0.0104. The van der Waals surface area contributed by atoms with Crippen LogP contribution in [0, 0.1) is 17.8 Å². The summed E-state index contributed by atoms with van der Waals surface area (Å²) in [5.41, 5.74) is 5.04. The highest BCUT2D eigenvalue weighted by atomic mass is 16.6. The number of carbonyl (C=O) groups excluding carboxylic acids is 1. The van der Waals surface area contributed by atoms with E-state index in [1.165, 1.54) is 0 Å². The van der Waals surface area contributed by atoms with Crippen molar-refractivity contribution in [1.82, 2.24) is 4.90 Å². The highest BCUT2D eigenvalue weighted by Crippen LogP contribution is 2.30. The van der Waals surface area contributed by atoms with E-state index in [-0.39, 0.29) is 24.5 Å². The van der Waals surface area contributed by atoms with Crippen LogP contribution in [-0.2, 0) is 9.53 Å². The van der Waals surface area contributed by atoms with Crippen molar-refractivity contribution >= 4 is 12.1 Å². The van der Waals surface area contributed by atoms with E-state index in [2.05, 4.69) is 0 Å². The monoisotopic (exact) mass is 286 g/mol. The summed E-state index contributed by atoms with van der Waals surface area (Å²) in [6.07, 6.45) is 0.316. The number of amides is 1. The molecule has 0 aromatic carbocycles. The number of nitrogens with zero attached hydrogens (tertiary/aromatic N) is 1. The molecular weight excluding hydrogens is 260 g/mol. The van der Waals surface area contributed by atoms with Crippen LogP contribution >= 0.6 is 0 Å². The van der Waals surface area contributed by atoms with Gasteiger partial charge in [-0.25, -0.2) is 4.79 Å². The molecule has 1 heterocycles. The molecule has 0 radical (unpaired) electrons.